The summed E-state index contributed by atoms with van der Waals surface area (Å²) in [5.41, 5.74) is -0.404. The van der Waals surface area contributed by atoms with Crippen LogP contribution in [0.2, 0.25) is 0 Å². The summed E-state index contributed by atoms with van der Waals surface area (Å²) in [5, 5.41) is 1.76. The zero-order valence-corrected chi connectivity index (χ0v) is 21.9. The normalized spacial score (nSPS) is 19.3. The Morgan fingerprint density at radius 1 is 1.10 bits per heavy atom. The van der Waals surface area contributed by atoms with Crippen molar-refractivity contribution in [2.24, 2.45) is 0 Å². The molecule has 1 saturated carbocycles. The molecule has 10 nitrogen and oxygen atoms in total. The first-order valence-corrected chi connectivity index (χ1v) is 12.9. The van der Waals surface area contributed by atoms with Crippen molar-refractivity contribution in [1.82, 2.24) is 9.58 Å². The summed E-state index contributed by atoms with van der Waals surface area (Å²) >= 11 is 0. The maximum Gasteiger partial charge on any atom is 0.510 e. The van der Waals surface area contributed by atoms with Gasteiger partial charge >= 0.3 is 6.16 Å². The molecule has 6 rings (SSSR count). The largest absolute Gasteiger partial charge is 0.510 e. The Labute approximate surface area is 232 Å². The van der Waals surface area contributed by atoms with E-state index in [-0.39, 0.29) is 30.5 Å². The number of carbonyl (C=O) groups excluding carboxylic acids is 2. The van der Waals surface area contributed by atoms with E-state index in [1.807, 2.05) is 36.4 Å². The van der Waals surface area contributed by atoms with Crippen molar-refractivity contribution in [3.05, 3.63) is 106 Å². The molecule has 212 valence electrons. The number of carbonyl (C=O) groups is 2. The van der Waals surface area contributed by atoms with Gasteiger partial charge in [-0.3, -0.25) is 19.3 Å². The number of hydrogen-bond donors (Lipinski definition) is 0. The number of amides is 1. The third kappa shape index (κ3) is 4.54. The lowest BCUT2D eigenvalue weighted by molar-refractivity contribution is 0.0133. The number of ether oxygens (including phenoxy) is 4. The Bertz CT molecular complexity index is 1600. The van der Waals surface area contributed by atoms with Crippen LogP contribution in [-0.4, -0.2) is 54.4 Å². The summed E-state index contributed by atoms with van der Waals surface area (Å²) in [6.07, 6.45) is 5.18. The average molecular weight is 566 g/mol. The molecular weight excluding hydrogens is 540 g/mol. The Hall–Kier alpha value is -4.87. The molecule has 0 saturated heterocycles. The van der Waals surface area contributed by atoms with E-state index in [9.17, 15) is 18.8 Å². The average Bonchev–Trinajstić information content (AvgIpc) is 3.77. The number of fused-ring (bicyclic) bond motifs is 6. The first kappa shape index (κ1) is 26.4. The summed E-state index contributed by atoms with van der Waals surface area (Å²) in [5.74, 6) is -3.27. The van der Waals surface area contributed by atoms with Crippen molar-refractivity contribution in [3.8, 4) is 11.5 Å². The maximum atomic E-state index is 15.3. The molecule has 41 heavy (non-hydrogen) atoms. The van der Waals surface area contributed by atoms with E-state index in [1.54, 1.807) is 16.0 Å². The fraction of sp³-hybridized carbons (Fsp3) is 0.276. The molecule has 3 aliphatic rings. The van der Waals surface area contributed by atoms with Gasteiger partial charge in [-0.25, -0.2) is 9.18 Å². The van der Waals surface area contributed by atoms with Gasteiger partial charge in [-0.05, 0) is 36.6 Å². The number of methoxy groups -OCH3 is 1. The number of hydrogen-bond acceptors (Lipinski definition) is 8. The molecule has 1 aromatic heterocycles. The Balaban J connectivity index is 1.59. The van der Waals surface area contributed by atoms with Gasteiger partial charge in [0.2, 0.25) is 23.8 Å². The molecule has 1 spiro atoms. The van der Waals surface area contributed by atoms with Crippen LogP contribution in [0, 0.1) is 11.6 Å². The van der Waals surface area contributed by atoms with E-state index in [0.29, 0.717) is 24.0 Å². The molecule has 12 heteroatoms. The Morgan fingerprint density at radius 3 is 2.61 bits per heavy atom. The molecule has 2 aliphatic heterocycles. The minimum absolute atomic E-state index is 0.0368. The molecule has 2 aromatic carbocycles. The molecule has 0 N–H and O–H groups in total. The molecule has 1 atom stereocenters. The van der Waals surface area contributed by atoms with E-state index in [4.69, 9.17) is 14.2 Å². The molecule has 3 aromatic rings. The van der Waals surface area contributed by atoms with Crippen LogP contribution in [0.1, 0.15) is 40.5 Å². The SMILES string of the molecule is COC(=O)OCOc1c2n(ccc1=O)N1CN(C2=O)C2(/C=C/COc3c(ccc(F)c3F)[C@H]1c1ccccc1)CC2. The lowest BCUT2D eigenvalue weighted by Gasteiger charge is -2.46. The minimum atomic E-state index is -1.13. The molecule has 2 bridgehead atoms. The first-order chi connectivity index (χ1) is 19.8. The summed E-state index contributed by atoms with van der Waals surface area (Å²) in [4.78, 5) is 40.2. The van der Waals surface area contributed by atoms with E-state index < -0.39 is 47.5 Å². The van der Waals surface area contributed by atoms with Crippen molar-refractivity contribution >= 4 is 12.1 Å². The van der Waals surface area contributed by atoms with Gasteiger partial charge in [0.15, 0.2) is 17.3 Å². The fourth-order valence-corrected chi connectivity index (χ4v) is 5.32. The van der Waals surface area contributed by atoms with Gasteiger partial charge < -0.3 is 23.8 Å². The summed E-state index contributed by atoms with van der Waals surface area (Å²) < 4.78 is 51.8. The number of pyridine rings is 1. The highest BCUT2D eigenvalue weighted by molar-refractivity contribution is 5.97. The van der Waals surface area contributed by atoms with Gasteiger partial charge in [0.25, 0.3) is 5.91 Å². The summed E-state index contributed by atoms with van der Waals surface area (Å²) in [6.45, 7) is -0.696. The van der Waals surface area contributed by atoms with Crippen LogP contribution in [0.5, 0.6) is 11.5 Å². The van der Waals surface area contributed by atoms with Crippen molar-refractivity contribution in [2.75, 3.05) is 32.2 Å². The fourth-order valence-electron chi connectivity index (χ4n) is 5.32. The first-order valence-electron chi connectivity index (χ1n) is 12.9. The van der Waals surface area contributed by atoms with Crippen molar-refractivity contribution in [2.45, 2.75) is 24.4 Å². The lowest BCUT2D eigenvalue weighted by atomic mass is 9.96. The van der Waals surface area contributed by atoms with Crippen molar-refractivity contribution in [3.63, 3.8) is 0 Å². The van der Waals surface area contributed by atoms with Crippen LogP contribution in [0.4, 0.5) is 13.6 Å². The summed E-state index contributed by atoms with van der Waals surface area (Å²) in [6, 6.07) is 12.0. The predicted octanol–water partition coefficient (Wildman–Crippen LogP) is 3.87. The quantitative estimate of drug-likeness (QED) is 0.267. The zero-order valence-electron chi connectivity index (χ0n) is 21.9. The van der Waals surface area contributed by atoms with Crippen molar-refractivity contribution < 1.29 is 37.3 Å². The number of aromatic nitrogens is 1. The third-order valence-electron chi connectivity index (χ3n) is 7.43. The van der Waals surface area contributed by atoms with Gasteiger partial charge in [-0.1, -0.05) is 36.4 Å². The minimum Gasteiger partial charge on any atom is -0.486 e. The lowest BCUT2D eigenvalue weighted by Crippen LogP contribution is -2.58. The van der Waals surface area contributed by atoms with Crippen LogP contribution >= 0.6 is 0 Å². The van der Waals surface area contributed by atoms with Gasteiger partial charge in [0.05, 0.1) is 12.6 Å². The zero-order chi connectivity index (χ0) is 28.7. The topological polar surface area (TPSA) is 99.5 Å². The number of halogens is 2. The van der Waals surface area contributed by atoms with E-state index in [1.165, 1.54) is 23.0 Å². The summed E-state index contributed by atoms with van der Waals surface area (Å²) in [7, 11) is 1.12. The van der Waals surface area contributed by atoms with E-state index in [0.717, 1.165) is 13.2 Å². The van der Waals surface area contributed by atoms with Gasteiger partial charge in [-0.15, -0.1) is 0 Å². The smallest absolute Gasteiger partial charge is 0.486 e. The molecular formula is C29H25F2N3O7. The van der Waals surface area contributed by atoms with Crippen LogP contribution in [-0.2, 0) is 9.47 Å². The maximum absolute atomic E-state index is 15.3. The van der Waals surface area contributed by atoms with E-state index in [2.05, 4.69) is 4.74 Å². The third-order valence-corrected chi connectivity index (χ3v) is 7.43. The highest BCUT2D eigenvalue weighted by Crippen LogP contribution is 2.47. The second kappa shape index (κ2) is 10.3. The molecule has 0 unspecified atom stereocenters. The van der Waals surface area contributed by atoms with Crippen molar-refractivity contribution in [1.29, 1.82) is 0 Å². The van der Waals surface area contributed by atoms with Gasteiger partial charge in [0.1, 0.15) is 19.3 Å². The van der Waals surface area contributed by atoms with Crippen LogP contribution in [0.3, 0.4) is 0 Å². The number of rotatable bonds is 4. The van der Waals surface area contributed by atoms with Crippen LogP contribution < -0.4 is 19.9 Å². The molecule has 1 fully saturated rings. The van der Waals surface area contributed by atoms with Crippen LogP contribution in [0.25, 0.3) is 0 Å². The Morgan fingerprint density at radius 2 is 1.88 bits per heavy atom. The monoisotopic (exact) mass is 565 g/mol. The highest BCUT2D eigenvalue weighted by atomic mass is 19.2. The molecule has 0 radical (unpaired) electrons. The van der Waals surface area contributed by atoms with E-state index >= 15 is 4.39 Å². The molecule has 3 heterocycles. The second-order valence-electron chi connectivity index (χ2n) is 9.79. The second-order valence-corrected chi connectivity index (χ2v) is 9.79. The molecule has 1 aliphatic carbocycles. The number of benzene rings is 2. The molecule has 1 amide bonds. The number of nitrogens with zero attached hydrogens (tertiary/aromatic N) is 3. The van der Waals surface area contributed by atoms with Gasteiger partial charge in [0, 0.05) is 17.8 Å². The highest BCUT2D eigenvalue weighted by Gasteiger charge is 2.52. The standard InChI is InChI=1S/C29H25F2N3O7/c1-38-28(37)41-17-40-26-21(35)10-14-33-24(26)27(36)32-16-34(33)23(18-6-3-2-4-7-18)19-8-9-20(30)22(31)25(19)39-15-5-11-29(32)12-13-29/h2-11,14,23H,12-13,15-17H2,1H3/b11-5+/t23-/m1/s1. The predicted molar refractivity (Wildman–Crippen MR) is 140 cm³/mol. The van der Waals surface area contributed by atoms with Gasteiger partial charge in [-0.2, -0.15) is 4.39 Å². The van der Waals surface area contributed by atoms with Crippen LogP contribution in [0.15, 0.2) is 71.7 Å². The Kier molecular flexibility index (Phi) is 6.60.